The predicted molar refractivity (Wildman–Crippen MR) is 48.7 cm³/mol. The van der Waals surface area contributed by atoms with E-state index in [4.69, 9.17) is 5.73 Å². The smallest absolute Gasteiger partial charge is 0.173 e. The summed E-state index contributed by atoms with van der Waals surface area (Å²) in [5.74, 6) is 0.381. The van der Waals surface area contributed by atoms with Crippen molar-refractivity contribution < 1.29 is 5.11 Å². The largest absolute Gasteiger partial charge is 0.388 e. The summed E-state index contributed by atoms with van der Waals surface area (Å²) >= 11 is 0. The van der Waals surface area contributed by atoms with Crippen molar-refractivity contribution in [3.63, 3.8) is 0 Å². The first-order valence-electron chi connectivity index (χ1n) is 3.73. The van der Waals surface area contributed by atoms with E-state index in [1.54, 1.807) is 19.1 Å². The van der Waals surface area contributed by atoms with Crippen molar-refractivity contribution in [3.8, 4) is 0 Å². The van der Waals surface area contributed by atoms with Crippen LogP contribution >= 0.6 is 0 Å². The number of nitrogens with zero attached hydrogens (tertiary/aromatic N) is 1. The van der Waals surface area contributed by atoms with Gasteiger partial charge in [-0.1, -0.05) is 30.3 Å². The van der Waals surface area contributed by atoms with Crippen molar-refractivity contribution in [2.24, 2.45) is 10.7 Å². The van der Waals surface area contributed by atoms with Gasteiger partial charge in [-0.15, -0.1) is 0 Å². The normalized spacial score (nSPS) is 14.3. The van der Waals surface area contributed by atoms with Crippen LogP contribution in [-0.2, 0) is 0 Å². The van der Waals surface area contributed by atoms with Gasteiger partial charge in [0.1, 0.15) is 0 Å². The molecule has 3 N–H and O–H groups in total. The molecule has 0 saturated carbocycles. The Morgan fingerprint density at radius 1 is 1.42 bits per heavy atom. The van der Waals surface area contributed by atoms with Crippen LogP contribution in [0, 0.1) is 0 Å². The lowest BCUT2D eigenvalue weighted by molar-refractivity contribution is 0.188. The molecule has 0 fully saturated rings. The van der Waals surface area contributed by atoms with Crippen LogP contribution < -0.4 is 5.73 Å². The second-order valence-corrected chi connectivity index (χ2v) is 2.55. The van der Waals surface area contributed by atoms with E-state index in [0.29, 0.717) is 5.84 Å². The molecule has 12 heavy (non-hydrogen) atoms. The number of hydrogen-bond donors (Lipinski definition) is 2. The van der Waals surface area contributed by atoms with Gasteiger partial charge in [-0.2, -0.15) is 0 Å². The van der Waals surface area contributed by atoms with Gasteiger partial charge >= 0.3 is 0 Å². The minimum Gasteiger partial charge on any atom is -0.388 e. The fourth-order valence-electron chi connectivity index (χ4n) is 0.893. The zero-order valence-electron chi connectivity index (χ0n) is 6.94. The van der Waals surface area contributed by atoms with Gasteiger partial charge in [0.15, 0.2) is 6.23 Å². The molecule has 0 radical (unpaired) electrons. The molecular weight excluding hydrogens is 152 g/mol. The Bertz CT molecular complexity index is 265. The van der Waals surface area contributed by atoms with E-state index >= 15 is 0 Å². The van der Waals surface area contributed by atoms with Crippen LogP contribution in [0.15, 0.2) is 35.3 Å². The van der Waals surface area contributed by atoms with E-state index in [0.717, 1.165) is 5.56 Å². The molecule has 0 aliphatic carbocycles. The van der Waals surface area contributed by atoms with Crippen molar-refractivity contribution in [2.45, 2.75) is 13.2 Å². The molecule has 0 spiro atoms. The first kappa shape index (κ1) is 8.74. The summed E-state index contributed by atoms with van der Waals surface area (Å²) < 4.78 is 0. The van der Waals surface area contributed by atoms with Crippen LogP contribution in [0.2, 0.25) is 0 Å². The van der Waals surface area contributed by atoms with Crippen molar-refractivity contribution in [3.05, 3.63) is 35.9 Å². The third-order valence-corrected chi connectivity index (χ3v) is 1.42. The van der Waals surface area contributed by atoms with Gasteiger partial charge in [0.05, 0.1) is 5.84 Å². The number of benzene rings is 1. The summed E-state index contributed by atoms with van der Waals surface area (Å²) in [5, 5.41) is 9.42. The molecule has 0 amide bonds. The summed E-state index contributed by atoms with van der Waals surface area (Å²) in [7, 11) is 0. The molecule has 1 atom stereocenters. The van der Waals surface area contributed by atoms with E-state index in [1.165, 1.54) is 0 Å². The van der Waals surface area contributed by atoms with Gasteiger partial charge in [-0.05, 0) is 6.92 Å². The number of nitrogens with two attached hydrogens (primary N) is 1. The van der Waals surface area contributed by atoms with Gasteiger partial charge in [0.2, 0.25) is 0 Å². The predicted octanol–water partition coefficient (Wildman–Crippen LogP) is 1.05. The number of aliphatic hydroxyl groups excluding tert-OH is 1. The lowest BCUT2D eigenvalue weighted by Gasteiger charge is -2.04. The average Bonchev–Trinajstić information content (AvgIpc) is 2.05. The van der Waals surface area contributed by atoms with Gasteiger partial charge < -0.3 is 10.8 Å². The SMILES string of the molecule is C/C(N)=N/C(O)c1ccccc1. The Hall–Kier alpha value is -1.35. The molecule has 3 nitrogen and oxygen atoms in total. The van der Waals surface area contributed by atoms with E-state index in [9.17, 15) is 5.11 Å². The van der Waals surface area contributed by atoms with E-state index in [-0.39, 0.29) is 0 Å². The first-order valence-corrected chi connectivity index (χ1v) is 3.73. The molecule has 0 aromatic heterocycles. The quantitative estimate of drug-likeness (QED) is 0.507. The monoisotopic (exact) mass is 164 g/mol. The third kappa shape index (κ3) is 2.36. The summed E-state index contributed by atoms with van der Waals surface area (Å²) in [6, 6.07) is 9.18. The average molecular weight is 164 g/mol. The topological polar surface area (TPSA) is 58.6 Å². The number of amidine groups is 1. The van der Waals surface area contributed by atoms with Crippen LogP contribution in [0.5, 0.6) is 0 Å². The summed E-state index contributed by atoms with van der Waals surface area (Å²) in [6.07, 6.45) is -0.837. The molecule has 1 aromatic rings. The zero-order chi connectivity index (χ0) is 8.97. The molecule has 1 unspecified atom stereocenters. The first-order chi connectivity index (χ1) is 5.70. The molecule has 0 bridgehead atoms. The van der Waals surface area contributed by atoms with Crippen molar-refractivity contribution in [2.75, 3.05) is 0 Å². The Morgan fingerprint density at radius 2 is 2.00 bits per heavy atom. The maximum absolute atomic E-state index is 9.42. The van der Waals surface area contributed by atoms with Crippen LogP contribution in [0.4, 0.5) is 0 Å². The maximum Gasteiger partial charge on any atom is 0.173 e. The van der Waals surface area contributed by atoms with Crippen molar-refractivity contribution in [1.82, 2.24) is 0 Å². The molecule has 1 aromatic carbocycles. The second kappa shape index (κ2) is 3.88. The number of aliphatic hydroxyl groups is 1. The van der Waals surface area contributed by atoms with Crippen LogP contribution in [0.25, 0.3) is 0 Å². The molecule has 0 saturated heterocycles. The molecule has 1 rings (SSSR count). The highest BCUT2D eigenvalue weighted by Crippen LogP contribution is 2.12. The Labute approximate surface area is 71.6 Å². The molecule has 0 heterocycles. The van der Waals surface area contributed by atoms with Crippen LogP contribution in [0.3, 0.4) is 0 Å². The maximum atomic E-state index is 9.42. The minimum atomic E-state index is -0.837. The molecule has 0 aliphatic rings. The number of rotatable bonds is 2. The fourth-order valence-corrected chi connectivity index (χ4v) is 0.893. The highest BCUT2D eigenvalue weighted by molar-refractivity contribution is 5.77. The van der Waals surface area contributed by atoms with Gasteiger partial charge in [0.25, 0.3) is 0 Å². The second-order valence-electron chi connectivity index (χ2n) is 2.55. The third-order valence-electron chi connectivity index (χ3n) is 1.42. The Kier molecular flexibility index (Phi) is 2.82. The van der Waals surface area contributed by atoms with E-state index < -0.39 is 6.23 Å². The highest BCUT2D eigenvalue weighted by atomic mass is 16.3. The van der Waals surface area contributed by atoms with Crippen molar-refractivity contribution >= 4 is 5.84 Å². The molecule has 64 valence electrons. The number of aliphatic imine (C=N–C) groups is 1. The van der Waals surface area contributed by atoms with Gasteiger partial charge in [-0.3, -0.25) is 0 Å². The minimum absolute atomic E-state index is 0.381. The van der Waals surface area contributed by atoms with Crippen LogP contribution in [-0.4, -0.2) is 10.9 Å². The van der Waals surface area contributed by atoms with Gasteiger partial charge in [0, 0.05) is 5.56 Å². The van der Waals surface area contributed by atoms with Crippen LogP contribution in [0.1, 0.15) is 18.7 Å². The van der Waals surface area contributed by atoms with Gasteiger partial charge in [-0.25, -0.2) is 4.99 Å². The lowest BCUT2D eigenvalue weighted by Crippen LogP contribution is -2.08. The summed E-state index contributed by atoms with van der Waals surface area (Å²) in [6.45, 7) is 1.64. The summed E-state index contributed by atoms with van der Waals surface area (Å²) in [5.41, 5.74) is 6.07. The summed E-state index contributed by atoms with van der Waals surface area (Å²) in [4.78, 5) is 3.80. The van der Waals surface area contributed by atoms with E-state index in [1.807, 2.05) is 18.2 Å². The van der Waals surface area contributed by atoms with Crippen molar-refractivity contribution in [1.29, 1.82) is 0 Å². The molecular formula is C9H12N2O. The Morgan fingerprint density at radius 3 is 2.50 bits per heavy atom. The lowest BCUT2D eigenvalue weighted by atomic mass is 10.2. The molecule has 3 heteroatoms. The standard InChI is InChI=1S/C9H12N2O/c1-7(10)11-9(12)8-5-3-2-4-6-8/h2-6,9,12H,1H3,(H2,10,11). The molecule has 0 aliphatic heterocycles. The Balaban J connectivity index is 2.79. The zero-order valence-corrected chi connectivity index (χ0v) is 6.94. The fraction of sp³-hybridized carbons (Fsp3) is 0.222. The number of hydrogen-bond acceptors (Lipinski definition) is 2. The highest BCUT2D eigenvalue weighted by Gasteiger charge is 2.02. The van der Waals surface area contributed by atoms with E-state index in [2.05, 4.69) is 4.99 Å².